The van der Waals surface area contributed by atoms with Crippen molar-refractivity contribution in [2.24, 2.45) is 0 Å². The molecule has 2 nitrogen and oxygen atoms in total. The Morgan fingerprint density at radius 2 is 1.86 bits per heavy atom. The van der Waals surface area contributed by atoms with E-state index in [1.54, 1.807) is 0 Å². The topological polar surface area (TPSA) is 6.48 Å². The fourth-order valence-corrected chi connectivity index (χ4v) is 2.11. The zero-order valence-corrected chi connectivity index (χ0v) is 10.4. The average molecular weight is 214 g/mol. The van der Waals surface area contributed by atoms with Crippen LogP contribution in [0.4, 0.5) is 0 Å². The second-order valence-corrected chi connectivity index (χ2v) is 4.78. The van der Waals surface area contributed by atoms with Crippen LogP contribution in [0, 0.1) is 0 Å². The smallest absolute Gasteiger partial charge is 0.0199 e. The van der Waals surface area contributed by atoms with Gasteiger partial charge in [0.05, 0.1) is 0 Å². The summed E-state index contributed by atoms with van der Waals surface area (Å²) < 4.78 is 0. The van der Waals surface area contributed by atoms with Crippen molar-refractivity contribution >= 4 is 12.6 Å². The maximum absolute atomic E-state index is 4.24. The molecule has 0 aromatic carbocycles. The Kier molecular flexibility index (Phi) is 4.48. The lowest BCUT2D eigenvalue weighted by Crippen LogP contribution is -2.55. The fraction of sp³-hybridized carbons (Fsp3) is 0.818. The first-order chi connectivity index (χ1) is 6.54. The van der Waals surface area contributed by atoms with Gasteiger partial charge in [0.1, 0.15) is 0 Å². The molecule has 1 aliphatic rings. The van der Waals surface area contributed by atoms with Gasteiger partial charge in [0, 0.05) is 37.5 Å². The van der Waals surface area contributed by atoms with E-state index in [1.807, 2.05) is 0 Å². The third kappa shape index (κ3) is 3.01. The van der Waals surface area contributed by atoms with Crippen LogP contribution in [0.2, 0.25) is 0 Å². The molecule has 0 amide bonds. The second kappa shape index (κ2) is 5.19. The maximum atomic E-state index is 4.24. The van der Waals surface area contributed by atoms with Crippen molar-refractivity contribution in [2.75, 3.05) is 32.4 Å². The standard InChI is InChI=1S/C11H22N2S/c1-9(8-14)5-13-6-10(2)12(4)11(3)7-13/h10-11,14H,1,5-8H2,2-4H3. The monoisotopic (exact) mass is 214 g/mol. The Labute approximate surface area is 93.4 Å². The summed E-state index contributed by atoms with van der Waals surface area (Å²) in [4.78, 5) is 4.92. The van der Waals surface area contributed by atoms with Gasteiger partial charge in [-0.25, -0.2) is 0 Å². The molecule has 3 heteroatoms. The third-order valence-corrected chi connectivity index (χ3v) is 3.55. The van der Waals surface area contributed by atoms with Crippen molar-refractivity contribution in [2.45, 2.75) is 25.9 Å². The summed E-state index contributed by atoms with van der Waals surface area (Å²) in [5.74, 6) is 0.801. The Morgan fingerprint density at radius 3 is 2.29 bits per heavy atom. The first-order valence-corrected chi connectivity index (χ1v) is 5.89. The summed E-state index contributed by atoms with van der Waals surface area (Å²) in [6, 6.07) is 1.29. The Bertz CT molecular complexity index is 193. The van der Waals surface area contributed by atoms with E-state index in [2.05, 4.69) is 49.9 Å². The molecule has 1 rings (SSSR count). The molecule has 0 radical (unpaired) electrons. The number of likely N-dealkylation sites (N-methyl/N-ethyl adjacent to an activating group) is 1. The predicted molar refractivity (Wildman–Crippen MR) is 66.1 cm³/mol. The van der Waals surface area contributed by atoms with Gasteiger partial charge in [-0.3, -0.25) is 9.80 Å². The molecule has 0 aromatic heterocycles. The fourth-order valence-electron chi connectivity index (χ4n) is 2.01. The van der Waals surface area contributed by atoms with Crippen LogP contribution in [0.1, 0.15) is 13.8 Å². The summed E-state index contributed by atoms with van der Waals surface area (Å²) in [7, 11) is 2.21. The van der Waals surface area contributed by atoms with Crippen LogP contribution in [-0.4, -0.2) is 54.3 Å². The zero-order chi connectivity index (χ0) is 10.7. The van der Waals surface area contributed by atoms with Crippen molar-refractivity contribution in [1.82, 2.24) is 9.80 Å². The number of piperazine rings is 1. The molecule has 0 saturated carbocycles. The molecule has 82 valence electrons. The molecule has 0 aliphatic carbocycles. The van der Waals surface area contributed by atoms with Gasteiger partial charge in [0.25, 0.3) is 0 Å². The van der Waals surface area contributed by atoms with Gasteiger partial charge in [0.15, 0.2) is 0 Å². The highest BCUT2D eigenvalue weighted by molar-refractivity contribution is 7.80. The minimum atomic E-state index is 0.645. The van der Waals surface area contributed by atoms with E-state index in [0.29, 0.717) is 12.1 Å². The van der Waals surface area contributed by atoms with E-state index in [-0.39, 0.29) is 0 Å². The van der Waals surface area contributed by atoms with Crippen molar-refractivity contribution in [3.63, 3.8) is 0 Å². The van der Waals surface area contributed by atoms with E-state index in [9.17, 15) is 0 Å². The number of nitrogens with zero attached hydrogens (tertiary/aromatic N) is 2. The highest BCUT2D eigenvalue weighted by Gasteiger charge is 2.26. The summed E-state index contributed by atoms with van der Waals surface area (Å²) in [6.07, 6.45) is 0. The molecule has 2 unspecified atom stereocenters. The van der Waals surface area contributed by atoms with E-state index in [1.165, 1.54) is 5.57 Å². The van der Waals surface area contributed by atoms with Gasteiger partial charge in [-0.05, 0) is 20.9 Å². The van der Waals surface area contributed by atoms with Crippen LogP contribution < -0.4 is 0 Å². The van der Waals surface area contributed by atoms with E-state index < -0.39 is 0 Å². The van der Waals surface area contributed by atoms with Crippen LogP contribution >= 0.6 is 12.6 Å². The molecule has 1 aliphatic heterocycles. The normalized spacial score (nSPS) is 30.6. The van der Waals surface area contributed by atoms with Gasteiger partial charge in [-0.1, -0.05) is 12.2 Å². The van der Waals surface area contributed by atoms with E-state index in [4.69, 9.17) is 0 Å². The number of rotatable bonds is 3. The minimum Gasteiger partial charge on any atom is -0.298 e. The van der Waals surface area contributed by atoms with E-state index >= 15 is 0 Å². The van der Waals surface area contributed by atoms with Gasteiger partial charge < -0.3 is 0 Å². The van der Waals surface area contributed by atoms with Gasteiger partial charge in [0.2, 0.25) is 0 Å². The Balaban J connectivity index is 2.45. The lowest BCUT2D eigenvalue weighted by atomic mass is 10.1. The molecule has 0 spiro atoms. The largest absolute Gasteiger partial charge is 0.298 e. The second-order valence-electron chi connectivity index (χ2n) is 4.47. The SMILES string of the molecule is C=C(CS)CN1CC(C)N(C)C(C)C1. The van der Waals surface area contributed by atoms with Crippen LogP contribution in [-0.2, 0) is 0 Å². The number of hydrogen-bond acceptors (Lipinski definition) is 3. The lowest BCUT2D eigenvalue weighted by molar-refractivity contribution is 0.0659. The molecule has 1 saturated heterocycles. The number of thiol groups is 1. The molecule has 2 atom stereocenters. The molecule has 14 heavy (non-hydrogen) atoms. The maximum Gasteiger partial charge on any atom is 0.0199 e. The molecular weight excluding hydrogens is 192 g/mol. The first-order valence-electron chi connectivity index (χ1n) is 5.26. The van der Waals surface area contributed by atoms with Crippen LogP contribution in [0.5, 0.6) is 0 Å². The molecule has 0 N–H and O–H groups in total. The zero-order valence-electron chi connectivity index (χ0n) is 9.53. The molecule has 0 bridgehead atoms. The molecule has 1 heterocycles. The average Bonchev–Trinajstić information content (AvgIpc) is 2.14. The van der Waals surface area contributed by atoms with Crippen molar-refractivity contribution in [3.05, 3.63) is 12.2 Å². The van der Waals surface area contributed by atoms with Crippen LogP contribution in [0.25, 0.3) is 0 Å². The summed E-state index contributed by atoms with van der Waals surface area (Å²) in [5, 5.41) is 0. The van der Waals surface area contributed by atoms with Crippen LogP contribution in [0.3, 0.4) is 0 Å². The van der Waals surface area contributed by atoms with Crippen LogP contribution in [0.15, 0.2) is 12.2 Å². The number of hydrogen-bond donors (Lipinski definition) is 1. The molecule has 0 aromatic rings. The molecular formula is C11H22N2S. The van der Waals surface area contributed by atoms with Crippen molar-refractivity contribution < 1.29 is 0 Å². The molecule has 1 fully saturated rings. The highest BCUT2D eigenvalue weighted by atomic mass is 32.1. The Hall–Kier alpha value is 0.01000. The quantitative estimate of drug-likeness (QED) is 0.562. The summed E-state index contributed by atoms with van der Waals surface area (Å²) >= 11 is 4.24. The van der Waals surface area contributed by atoms with E-state index in [0.717, 1.165) is 25.4 Å². The van der Waals surface area contributed by atoms with Gasteiger partial charge in [-0.2, -0.15) is 12.6 Å². The summed E-state index contributed by atoms with van der Waals surface area (Å²) in [6.45, 7) is 11.9. The van der Waals surface area contributed by atoms with Crippen molar-refractivity contribution in [1.29, 1.82) is 0 Å². The first kappa shape index (κ1) is 12.1. The highest BCUT2D eigenvalue weighted by Crippen LogP contribution is 2.14. The Morgan fingerprint density at radius 1 is 1.36 bits per heavy atom. The minimum absolute atomic E-state index is 0.645. The lowest BCUT2D eigenvalue weighted by Gasteiger charge is -2.42. The predicted octanol–water partition coefficient (Wildman–Crippen LogP) is 1.50. The summed E-state index contributed by atoms with van der Waals surface area (Å²) in [5.41, 5.74) is 1.22. The third-order valence-electron chi connectivity index (χ3n) is 3.11. The van der Waals surface area contributed by atoms with Gasteiger partial charge in [-0.15, -0.1) is 0 Å². The van der Waals surface area contributed by atoms with Gasteiger partial charge >= 0.3 is 0 Å². The van der Waals surface area contributed by atoms with Crippen molar-refractivity contribution in [3.8, 4) is 0 Å².